The van der Waals surface area contributed by atoms with Crippen LogP contribution in [0.2, 0.25) is 0 Å². The Morgan fingerprint density at radius 1 is 1.33 bits per heavy atom. The second-order valence-corrected chi connectivity index (χ2v) is 5.97. The molecule has 0 unspecified atom stereocenters. The average Bonchev–Trinajstić information content (AvgIpc) is 2.74. The van der Waals surface area contributed by atoms with Crippen LogP contribution in [0.4, 0.5) is 0 Å². The minimum Gasteiger partial charge on any atom is -0.468 e. The van der Waals surface area contributed by atoms with E-state index in [4.69, 9.17) is 4.42 Å². The van der Waals surface area contributed by atoms with Crippen molar-refractivity contribution in [2.45, 2.75) is 45.8 Å². The first-order valence-corrected chi connectivity index (χ1v) is 6.72. The van der Waals surface area contributed by atoms with Crippen molar-refractivity contribution in [1.82, 2.24) is 10.2 Å². The summed E-state index contributed by atoms with van der Waals surface area (Å²) < 4.78 is 5.63. The van der Waals surface area contributed by atoms with E-state index >= 15 is 0 Å². The predicted molar refractivity (Wildman–Crippen MR) is 74.3 cm³/mol. The molecule has 0 radical (unpaired) electrons. The van der Waals surface area contributed by atoms with Gasteiger partial charge in [0.2, 0.25) is 0 Å². The molecule has 100 valence electrons. The fraction of sp³-hybridized carbons (Fsp3) is 0.600. The maximum Gasteiger partial charge on any atom is 0.122 e. The zero-order valence-corrected chi connectivity index (χ0v) is 11.7. The van der Waals surface area contributed by atoms with Gasteiger partial charge in [0.15, 0.2) is 0 Å². The largest absolute Gasteiger partial charge is 0.468 e. The molecule has 1 aliphatic rings. The van der Waals surface area contributed by atoms with Gasteiger partial charge in [0, 0.05) is 30.7 Å². The third-order valence-corrected chi connectivity index (χ3v) is 3.16. The molecule has 0 bridgehead atoms. The number of hydrogen-bond donors (Lipinski definition) is 1. The van der Waals surface area contributed by atoms with Crippen molar-refractivity contribution in [3.05, 3.63) is 35.8 Å². The summed E-state index contributed by atoms with van der Waals surface area (Å²) in [6.45, 7) is 10.5. The summed E-state index contributed by atoms with van der Waals surface area (Å²) in [4.78, 5) is 2.42. The van der Waals surface area contributed by atoms with Crippen molar-refractivity contribution in [2.75, 3.05) is 13.1 Å². The molecular weight excluding hydrogens is 224 g/mol. The Bertz CT molecular complexity index is 401. The summed E-state index contributed by atoms with van der Waals surface area (Å²) in [6, 6.07) is 2.08. The first-order chi connectivity index (χ1) is 8.54. The Balaban J connectivity index is 1.92. The zero-order valence-electron chi connectivity index (χ0n) is 11.7. The number of furan rings is 1. The first kappa shape index (κ1) is 13.4. The number of rotatable bonds is 4. The Kier molecular flexibility index (Phi) is 4.25. The second kappa shape index (κ2) is 5.72. The van der Waals surface area contributed by atoms with Crippen molar-refractivity contribution in [2.24, 2.45) is 0 Å². The van der Waals surface area contributed by atoms with Gasteiger partial charge in [-0.1, -0.05) is 12.2 Å². The molecule has 2 heterocycles. The van der Waals surface area contributed by atoms with Crippen molar-refractivity contribution in [3.63, 3.8) is 0 Å². The van der Waals surface area contributed by atoms with E-state index in [9.17, 15) is 0 Å². The summed E-state index contributed by atoms with van der Waals surface area (Å²) in [7, 11) is 0. The van der Waals surface area contributed by atoms with Crippen LogP contribution in [0.3, 0.4) is 0 Å². The molecule has 0 aliphatic carbocycles. The highest BCUT2D eigenvalue weighted by Crippen LogP contribution is 2.16. The third kappa shape index (κ3) is 4.00. The van der Waals surface area contributed by atoms with E-state index in [2.05, 4.69) is 49.2 Å². The zero-order chi connectivity index (χ0) is 13.0. The van der Waals surface area contributed by atoms with Crippen LogP contribution >= 0.6 is 0 Å². The standard InChI is InChI=1S/C15H24N2O/c1-15(2,3)16-11-13-7-10-18-14(13)12-17-8-5-4-6-9-17/h4-5,7,10,16H,6,8-9,11-12H2,1-3H3. The lowest BCUT2D eigenvalue weighted by molar-refractivity contribution is 0.262. The van der Waals surface area contributed by atoms with E-state index in [1.807, 2.05) is 0 Å². The highest BCUT2D eigenvalue weighted by molar-refractivity contribution is 5.17. The minimum atomic E-state index is 0.141. The molecule has 0 atom stereocenters. The molecular formula is C15H24N2O. The van der Waals surface area contributed by atoms with Crippen LogP contribution in [-0.4, -0.2) is 23.5 Å². The maximum atomic E-state index is 5.63. The Morgan fingerprint density at radius 2 is 2.17 bits per heavy atom. The van der Waals surface area contributed by atoms with E-state index < -0.39 is 0 Å². The topological polar surface area (TPSA) is 28.4 Å². The monoisotopic (exact) mass is 248 g/mol. The summed E-state index contributed by atoms with van der Waals surface area (Å²) in [5, 5.41) is 3.51. The van der Waals surface area contributed by atoms with Gasteiger partial charge < -0.3 is 9.73 Å². The lowest BCUT2D eigenvalue weighted by atomic mass is 10.1. The Morgan fingerprint density at radius 3 is 2.83 bits per heavy atom. The van der Waals surface area contributed by atoms with Crippen LogP contribution in [0, 0.1) is 0 Å². The highest BCUT2D eigenvalue weighted by Gasteiger charge is 2.15. The molecule has 0 aromatic carbocycles. The Hall–Kier alpha value is -1.06. The van der Waals surface area contributed by atoms with Gasteiger partial charge in [0.05, 0.1) is 12.8 Å². The minimum absolute atomic E-state index is 0.141. The fourth-order valence-electron chi connectivity index (χ4n) is 2.06. The van der Waals surface area contributed by atoms with Gasteiger partial charge in [0.1, 0.15) is 5.76 Å². The molecule has 0 spiro atoms. The fourth-order valence-corrected chi connectivity index (χ4v) is 2.06. The van der Waals surface area contributed by atoms with Crippen molar-refractivity contribution < 1.29 is 4.42 Å². The van der Waals surface area contributed by atoms with E-state index in [-0.39, 0.29) is 5.54 Å². The number of hydrogen-bond acceptors (Lipinski definition) is 3. The van der Waals surface area contributed by atoms with Gasteiger partial charge in [0.25, 0.3) is 0 Å². The molecule has 0 fully saturated rings. The van der Waals surface area contributed by atoms with Gasteiger partial charge in [-0.2, -0.15) is 0 Å². The van der Waals surface area contributed by atoms with Crippen LogP contribution in [0.25, 0.3) is 0 Å². The molecule has 3 heteroatoms. The van der Waals surface area contributed by atoms with Gasteiger partial charge in [-0.05, 0) is 33.3 Å². The Labute approximate surface area is 110 Å². The van der Waals surface area contributed by atoms with Gasteiger partial charge in [-0.25, -0.2) is 0 Å². The lowest BCUT2D eigenvalue weighted by Gasteiger charge is -2.23. The molecule has 1 aliphatic heterocycles. The van der Waals surface area contributed by atoms with Crippen molar-refractivity contribution in [3.8, 4) is 0 Å². The van der Waals surface area contributed by atoms with Gasteiger partial charge in [-0.15, -0.1) is 0 Å². The SMILES string of the molecule is CC(C)(C)NCc1ccoc1CN1CC=CCC1. The highest BCUT2D eigenvalue weighted by atomic mass is 16.3. The van der Waals surface area contributed by atoms with Crippen LogP contribution in [0.5, 0.6) is 0 Å². The summed E-state index contributed by atoms with van der Waals surface area (Å²) in [5.41, 5.74) is 1.42. The number of nitrogens with one attached hydrogen (secondary N) is 1. The van der Waals surface area contributed by atoms with Crippen LogP contribution in [0.1, 0.15) is 38.5 Å². The number of nitrogens with zero attached hydrogens (tertiary/aromatic N) is 1. The van der Waals surface area contributed by atoms with E-state index in [1.54, 1.807) is 6.26 Å². The maximum absolute atomic E-state index is 5.63. The van der Waals surface area contributed by atoms with E-state index in [1.165, 1.54) is 5.56 Å². The average molecular weight is 248 g/mol. The predicted octanol–water partition coefficient (Wildman–Crippen LogP) is 2.93. The quantitative estimate of drug-likeness (QED) is 0.830. The smallest absolute Gasteiger partial charge is 0.122 e. The van der Waals surface area contributed by atoms with Gasteiger partial charge in [-0.3, -0.25) is 4.90 Å². The van der Waals surface area contributed by atoms with Crippen LogP contribution in [-0.2, 0) is 13.1 Å². The van der Waals surface area contributed by atoms with Crippen LogP contribution < -0.4 is 5.32 Å². The molecule has 1 N–H and O–H groups in total. The van der Waals surface area contributed by atoms with Crippen molar-refractivity contribution in [1.29, 1.82) is 0 Å². The summed E-state index contributed by atoms with van der Waals surface area (Å²) >= 11 is 0. The van der Waals surface area contributed by atoms with Crippen molar-refractivity contribution >= 4 is 0 Å². The van der Waals surface area contributed by atoms with E-state index in [0.29, 0.717) is 0 Å². The molecule has 0 saturated heterocycles. The normalized spacial score (nSPS) is 17.3. The second-order valence-electron chi connectivity index (χ2n) is 5.97. The summed E-state index contributed by atoms with van der Waals surface area (Å²) in [6.07, 6.45) is 7.44. The molecule has 3 nitrogen and oxygen atoms in total. The molecule has 0 saturated carbocycles. The molecule has 0 amide bonds. The van der Waals surface area contributed by atoms with E-state index in [0.717, 1.165) is 38.4 Å². The molecule has 2 rings (SSSR count). The lowest BCUT2D eigenvalue weighted by Crippen LogP contribution is -2.35. The molecule has 1 aromatic heterocycles. The molecule has 18 heavy (non-hydrogen) atoms. The first-order valence-electron chi connectivity index (χ1n) is 6.72. The summed E-state index contributed by atoms with van der Waals surface area (Å²) in [5.74, 6) is 1.10. The van der Waals surface area contributed by atoms with Gasteiger partial charge >= 0.3 is 0 Å². The third-order valence-electron chi connectivity index (χ3n) is 3.16. The van der Waals surface area contributed by atoms with Crippen LogP contribution in [0.15, 0.2) is 28.9 Å². The molecule has 1 aromatic rings.